The molecule has 0 fully saturated rings. The van der Waals surface area contributed by atoms with E-state index in [4.69, 9.17) is 5.73 Å². The van der Waals surface area contributed by atoms with Crippen LogP contribution in [0.15, 0.2) is 28.7 Å². The molecule has 1 amide bonds. The van der Waals surface area contributed by atoms with Gasteiger partial charge in [0, 0.05) is 22.6 Å². The van der Waals surface area contributed by atoms with Crippen LogP contribution in [-0.4, -0.2) is 18.5 Å². The van der Waals surface area contributed by atoms with E-state index in [9.17, 15) is 4.79 Å². The highest BCUT2D eigenvalue weighted by atomic mass is 79.9. The Morgan fingerprint density at radius 1 is 1.60 bits per heavy atom. The monoisotopic (exact) mass is 270 g/mol. The molecule has 3 N–H and O–H groups in total. The molecule has 0 spiro atoms. The van der Waals surface area contributed by atoms with Crippen LogP contribution in [0.5, 0.6) is 0 Å². The van der Waals surface area contributed by atoms with Crippen molar-refractivity contribution in [1.29, 1.82) is 0 Å². The minimum absolute atomic E-state index is 0.0523. The van der Waals surface area contributed by atoms with Crippen molar-refractivity contribution in [3.8, 4) is 0 Å². The largest absolute Gasteiger partial charge is 0.348 e. The number of nitrogens with two attached hydrogens (primary N) is 1. The molecule has 0 saturated heterocycles. The van der Waals surface area contributed by atoms with Crippen molar-refractivity contribution in [1.82, 2.24) is 5.32 Å². The van der Waals surface area contributed by atoms with Crippen molar-refractivity contribution in [2.75, 3.05) is 6.54 Å². The molecule has 0 bridgehead atoms. The molecule has 15 heavy (non-hydrogen) atoms. The predicted molar refractivity (Wildman–Crippen MR) is 64.7 cm³/mol. The minimum atomic E-state index is -0.0754. The first-order chi connectivity index (χ1) is 7.17. The number of amides is 1. The van der Waals surface area contributed by atoms with Crippen molar-refractivity contribution in [2.24, 2.45) is 5.73 Å². The summed E-state index contributed by atoms with van der Waals surface area (Å²) in [4.78, 5) is 11.7. The van der Waals surface area contributed by atoms with Gasteiger partial charge in [-0.15, -0.1) is 0 Å². The molecular weight excluding hydrogens is 256 g/mol. The summed E-state index contributed by atoms with van der Waals surface area (Å²) in [5, 5.41) is 2.88. The number of benzene rings is 1. The van der Waals surface area contributed by atoms with Crippen LogP contribution in [0.25, 0.3) is 0 Å². The molecule has 0 saturated carbocycles. The van der Waals surface area contributed by atoms with Gasteiger partial charge >= 0.3 is 0 Å². The van der Waals surface area contributed by atoms with Crippen molar-refractivity contribution in [3.05, 3.63) is 34.3 Å². The predicted octanol–water partition coefficient (Wildman–Crippen LogP) is 1.92. The highest BCUT2D eigenvalue weighted by molar-refractivity contribution is 9.10. The second-order valence-corrected chi connectivity index (χ2v) is 4.24. The fourth-order valence-electron chi connectivity index (χ4n) is 1.23. The van der Waals surface area contributed by atoms with E-state index in [1.807, 2.05) is 19.1 Å². The summed E-state index contributed by atoms with van der Waals surface area (Å²) < 4.78 is 0.899. The number of carbonyl (C=O) groups is 1. The van der Waals surface area contributed by atoms with E-state index in [-0.39, 0.29) is 11.9 Å². The Morgan fingerprint density at radius 2 is 2.33 bits per heavy atom. The summed E-state index contributed by atoms with van der Waals surface area (Å²) in [6, 6.07) is 7.35. The van der Waals surface area contributed by atoms with E-state index in [0.29, 0.717) is 12.1 Å². The van der Waals surface area contributed by atoms with Crippen LogP contribution in [0.1, 0.15) is 23.7 Å². The first-order valence-electron chi connectivity index (χ1n) is 4.94. The van der Waals surface area contributed by atoms with Crippen LogP contribution in [0.4, 0.5) is 0 Å². The van der Waals surface area contributed by atoms with E-state index in [1.54, 1.807) is 12.1 Å². The van der Waals surface area contributed by atoms with Gasteiger partial charge in [-0.3, -0.25) is 4.79 Å². The molecule has 0 heterocycles. The molecule has 1 aromatic carbocycles. The van der Waals surface area contributed by atoms with Gasteiger partial charge in [-0.1, -0.05) is 28.9 Å². The quantitative estimate of drug-likeness (QED) is 0.879. The van der Waals surface area contributed by atoms with Gasteiger partial charge in [0.05, 0.1) is 0 Å². The number of halogens is 1. The topological polar surface area (TPSA) is 55.1 Å². The molecule has 1 unspecified atom stereocenters. The molecule has 1 aromatic rings. The molecule has 82 valence electrons. The van der Waals surface area contributed by atoms with Crippen molar-refractivity contribution in [2.45, 2.75) is 19.4 Å². The second kappa shape index (κ2) is 5.88. The van der Waals surface area contributed by atoms with Gasteiger partial charge in [-0.05, 0) is 24.6 Å². The molecule has 0 aromatic heterocycles. The summed E-state index contributed by atoms with van der Waals surface area (Å²) in [6.45, 7) is 2.47. The summed E-state index contributed by atoms with van der Waals surface area (Å²) >= 11 is 3.33. The van der Waals surface area contributed by atoms with Gasteiger partial charge in [-0.25, -0.2) is 0 Å². The Balaban J connectivity index is 2.68. The van der Waals surface area contributed by atoms with Gasteiger partial charge in [0.25, 0.3) is 5.91 Å². The van der Waals surface area contributed by atoms with E-state index < -0.39 is 0 Å². The molecule has 1 atom stereocenters. The first-order valence-corrected chi connectivity index (χ1v) is 5.73. The van der Waals surface area contributed by atoms with E-state index in [0.717, 1.165) is 10.9 Å². The number of nitrogens with one attached hydrogen (secondary N) is 1. The number of hydrogen-bond acceptors (Lipinski definition) is 2. The van der Waals surface area contributed by atoms with E-state index in [2.05, 4.69) is 21.2 Å². The molecule has 0 aliphatic heterocycles. The average Bonchev–Trinajstić information content (AvgIpc) is 2.25. The zero-order chi connectivity index (χ0) is 11.3. The van der Waals surface area contributed by atoms with E-state index in [1.165, 1.54) is 0 Å². The lowest BCUT2D eigenvalue weighted by molar-refractivity contribution is 0.0937. The normalized spacial score (nSPS) is 12.2. The average molecular weight is 271 g/mol. The molecule has 0 radical (unpaired) electrons. The Labute approximate surface area is 98.2 Å². The van der Waals surface area contributed by atoms with Crippen LogP contribution < -0.4 is 11.1 Å². The highest BCUT2D eigenvalue weighted by Crippen LogP contribution is 2.11. The van der Waals surface area contributed by atoms with E-state index >= 15 is 0 Å². The first kappa shape index (κ1) is 12.2. The maximum atomic E-state index is 11.7. The molecular formula is C11H15BrN2O. The van der Waals surface area contributed by atoms with Crippen LogP contribution in [-0.2, 0) is 0 Å². The number of hydrogen-bond donors (Lipinski definition) is 2. The lowest BCUT2D eigenvalue weighted by Gasteiger charge is -2.14. The maximum absolute atomic E-state index is 11.7. The van der Waals surface area contributed by atoms with Crippen LogP contribution in [0.2, 0.25) is 0 Å². The van der Waals surface area contributed by atoms with Crippen LogP contribution in [0.3, 0.4) is 0 Å². The van der Waals surface area contributed by atoms with Crippen LogP contribution >= 0.6 is 15.9 Å². The molecule has 1 rings (SSSR count). The maximum Gasteiger partial charge on any atom is 0.251 e. The third kappa shape index (κ3) is 3.64. The summed E-state index contributed by atoms with van der Waals surface area (Å²) in [7, 11) is 0. The van der Waals surface area contributed by atoms with Gasteiger partial charge < -0.3 is 11.1 Å². The number of carbonyl (C=O) groups excluding carboxylic acids is 1. The van der Waals surface area contributed by atoms with Gasteiger partial charge in [0.2, 0.25) is 0 Å². The molecule has 3 nitrogen and oxygen atoms in total. The fourth-order valence-corrected chi connectivity index (χ4v) is 1.63. The summed E-state index contributed by atoms with van der Waals surface area (Å²) in [6.07, 6.45) is 0.843. The Bertz CT molecular complexity index is 337. The summed E-state index contributed by atoms with van der Waals surface area (Å²) in [5.74, 6) is -0.0754. The Kier molecular flexibility index (Phi) is 4.78. The molecule has 0 aliphatic rings. The third-order valence-electron chi connectivity index (χ3n) is 2.20. The third-order valence-corrected chi connectivity index (χ3v) is 2.69. The minimum Gasteiger partial charge on any atom is -0.348 e. The smallest absolute Gasteiger partial charge is 0.251 e. The van der Waals surface area contributed by atoms with Crippen LogP contribution in [0, 0.1) is 0 Å². The SMILES string of the molecule is CCC(CN)NC(=O)c1cccc(Br)c1. The lowest BCUT2D eigenvalue weighted by Crippen LogP contribution is -2.39. The highest BCUT2D eigenvalue weighted by Gasteiger charge is 2.10. The fraction of sp³-hybridized carbons (Fsp3) is 0.364. The summed E-state index contributed by atoms with van der Waals surface area (Å²) in [5.41, 5.74) is 6.16. The Morgan fingerprint density at radius 3 is 2.87 bits per heavy atom. The number of rotatable bonds is 4. The zero-order valence-electron chi connectivity index (χ0n) is 8.66. The van der Waals surface area contributed by atoms with Crippen molar-refractivity contribution in [3.63, 3.8) is 0 Å². The van der Waals surface area contributed by atoms with Crippen molar-refractivity contribution >= 4 is 21.8 Å². The van der Waals surface area contributed by atoms with Gasteiger partial charge in [0.1, 0.15) is 0 Å². The lowest BCUT2D eigenvalue weighted by atomic mass is 10.1. The van der Waals surface area contributed by atoms with Gasteiger partial charge in [-0.2, -0.15) is 0 Å². The standard InChI is InChI=1S/C11H15BrN2O/c1-2-10(7-13)14-11(15)8-4-3-5-9(12)6-8/h3-6,10H,2,7,13H2,1H3,(H,14,15). The zero-order valence-corrected chi connectivity index (χ0v) is 10.3. The Hall–Kier alpha value is -0.870. The second-order valence-electron chi connectivity index (χ2n) is 3.32. The molecule has 4 heteroatoms. The van der Waals surface area contributed by atoms with Crippen molar-refractivity contribution < 1.29 is 4.79 Å². The molecule has 0 aliphatic carbocycles. The van der Waals surface area contributed by atoms with Gasteiger partial charge in [0.15, 0.2) is 0 Å².